The largest absolute Gasteiger partial charge is 0.312 e. The third-order valence-electron chi connectivity index (χ3n) is 2.49. The van der Waals surface area contributed by atoms with E-state index in [0.29, 0.717) is 10.9 Å². The molecule has 2 aromatic heterocycles. The third-order valence-corrected chi connectivity index (χ3v) is 2.93. The van der Waals surface area contributed by atoms with Crippen molar-refractivity contribution in [1.82, 2.24) is 14.5 Å². The highest BCUT2D eigenvalue weighted by atomic mass is 35.5. The molecule has 0 saturated carbocycles. The predicted octanol–water partition coefficient (Wildman–Crippen LogP) is 3.62. The van der Waals surface area contributed by atoms with Gasteiger partial charge in [0, 0.05) is 12.7 Å². The lowest BCUT2D eigenvalue weighted by molar-refractivity contribution is 0.624. The summed E-state index contributed by atoms with van der Waals surface area (Å²) in [4.78, 5) is 8.74. The first kappa shape index (κ1) is 11.7. The second-order valence-corrected chi connectivity index (χ2v) is 4.37. The quantitative estimate of drug-likeness (QED) is 0.784. The van der Waals surface area contributed by atoms with Crippen LogP contribution in [0.3, 0.4) is 0 Å². The summed E-state index contributed by atoms with van der Waals surface area (Å²) in [6.45, 7) is 3.06. The van der Waals surface area contributed by atoms with Crippen molar-refractivity contribution < 1.29 is 0 Å². The molecule has 0 amide bonds. The highest BCUT2D eigenvalue weighted by Crippen LogP contribution is 2.19. The van der Waals surface area contributed by atoms with E-state index in [9.17, 15) is 0 Å². The van der Waals surface area contributed by atoms with Crippen molar-refractivity contribution in [3.63, 3.8) is 0 Å². The van der Waals surface area contributed by atoms with E-state index in [0.717, 1.165) is 36.4 Å². The summed E-state index contributed by atoms with van der Waals surface area (Å²) in [7, 11) is 0. The van der Waals surface area contributed by atoms with Gasteiger partial charge in [-0.3, -0.25) is 0 Å². The highest BCUT2D eigenvalue weighted by Gasteiger charge is 2.10. The van der Waals surface area contributed by atoms with E-state index in [2.05, 4.69) is 21.5 Å². The van der Waals surface area contributed by atoms with Crippen molar-refractivity contribution in [1.29, 1.82) is 0 Å². The van der Waals surface area contributed by atoms with Gasteiger partial charge in [0.05, 0.1) is 10.9 Å². The van der Waals surface area contributed by atoms with Gasteiger partial charge in [-0.05, 0) is 12.5 Å². The van der Waals surface area contributed by atoms with Crippen LogP contribution >= 0.6 is 23.2 Å². The minimum Gasteiger partial charge on any atom is -0.312 e. The summed E-state index contributed by atoms with van der Waals surface area (Å²) in [5, 5.41) is 0.605. The van der Waals surface area contributed by atoms with Crippen LogP contribution in [0, 0.1) is 0 Å². The number of rotatable bonds is 4. The number of pyridine rings is 1. The van der Waals surface area contributed by atoms with Crippen LogP contribution in [0.1, 0.15) is 25.6 Å². The zero-order valence-corrected chi connectivity index (χ0v) is 10.6. The van der Waals surface area contributed by atoms with Crippen LogP contribution in [-0.2, 0) is 12.4 Å². The number of aryl methyl sites for hydroxylation is 1. The van der Waals surface area contributed by atoms with E-state index in [-0.39, 0.29) is 0 Å². The van der Waals surface area contributed by atoms with Crippen LogP contribution < -0.4 is 0 Å². The lowest BCUT2D eigenvalue weighted by Gasteiger charge is -2.05. The van der Waals surface area contributed by atoms with E-state index in [1.807, 2.05) is 6.07 Å². The summed E-state index contributed by atoms with van der Waals surface area (Å²) in [5.41, 5.74) is 1.69. The van der Waals surface area contributed by atoms with Gasteiger partial charge in [0.15, 0.2) is 5.65 Å². The first-order valence-electron chi connectivity index (χ1n) is 5.33. The van der Waals surface area contributed by atoms with E-state index in [1.54, 1.807) is 6.20 Å². The molecule has 0 bridgehead atoms. The van der Waals surface area contributed by atoms with Gasteiger partial charge in [-0.2, -0.15) is 0 Å². The molecule has 2 rings (SSSR count). The Balaban J connectivity index is 2.50. The fourth-order valence-electron chi connectivity index (χ4n) is 1.69. The lowest BCUT2D eigenvalue weighted by Crippen LogP contribution is -2.03. The molecule has 2 heterocycles. The van der Waals surface area contributed by atoms with Crippen LogP contribution in [0.15, 0.2) is 12.3 Å². The van der Waals surface area contributed by atoms with E-state index < -0.39 is 0 Å². The van der Waals surface area contributed by atoms with Crippen molar-refractivity contribution in [2.75, 3.05) is 0 Å². The van der Waals surface area contributed by atoms with Crippen LogP contribution in [0.25, 0.3) is 11.2 Å². The molecular weight excluding hydrogens is 245 g/mol. The molecule has 16 heavy (non-hydrogen) atoms. The van der Waals surface area contributed by atoms with Gasteiger partial charge in [0.25, 0.3) is 0 Å². The summed E-state index contributed by atoms with van der Waals surface area (Å²) >= 11 is 11.8. The lowest BCUT2D eigenvalue weighted by atomic mass is 10.3. The molecule has 0 unspecified atom stereocenters. The molecule has 2 aromatic rings. The molecule has 0 spiro atoms. The maximum Gasteiger partial charge on any atom is 0.160 e. The summed E-state index contributed by atoms with van der Waals surface area (Å²) in [6.07, 6.45) is 3.88. The maximum absolute atomic E-state index is 5.88. The molecule has 0 fully saturated rings. The van der Waals surface area contributed by atoms with Gasteiger partial charge in [-0.15, -0.1) is 11.6 Å². The second kappa shape index (κ2) is 5.02. The average molecular weight is 258 g/mol. The molecule has 0 aliphatic rings. The number of unbranched alkanes of at least 4 members (excludes halogenated alkanes) is 1. The molecule has 0 atom stereocenters. The minimum atomic E-state index is 0.400. The van der Waals surface area contributed by atoms with E-state index in [4.69, 9.17) is 23.2 Å². The van der Waals surface area contributed by atoms with Gasteiger partial charge in [0.1, 0.15) is 11.3 Å². The standard InChI is InChI=1S/C11H13Cl2N3/c1-2-3-4-16-10(6-12)15-9-5-8(13)7-14-11(9)16/h5,7H,2-4,6H2,1H3. The van der Waals surface area contributed by atoms with Crippen molar-refractivity contribution >= 4 is 34.4 Å². The first-order chi connectivity index (χ1) is 7.76. The molecule has 0 saturated heterocycles. The van der Waals surface area contributed by atoms with Crippen LogP contribution in [0.5, 0.6) is 0 Å². The van der Waals surface area contributed by atoms with Gasteiger partial charge in [0.2, 0.25) is 0 Å². The van der Waals surface area contributed by atoms with Gasteiger partial charge in [-0.1, -0.05) is 24.9 Å². The fourth-order valence-corrected chi connectivity index (χ4v) is 2.04. The molecule has 5 heteroatoms. The Morgan fingerprint density at radius 2 is 2.25 bits per heavy atom. The smallest absolute Gasteiger partial charge is 0.160 e. The Labute approximate surface area is 104 Å². The van der Waals surface area contributed by atoms with Crippen LogP contribution in [0.2, 0.25) is 5.02 Å². The number of fused-ring (bicyclic) bond motifs is 1. The van der Waals surface area contributed by atoms with E-state index in [1.165, 1.54) is 0 Å². The normalized spacial score (nSPS) is 11.2. The molecule has 0 N–H and O–H groups in total. The van der Waals surface area contributed by atoms with Crippen LogP contribution in [0.4, 0.5) is 0 Å². The summed E-state index contributed by atoms with van der Waals surface area (Å²) < 4.78 is 2.07. The SMILES string of the molecule is CCCCn1c(CCl)nc2cc(Cl)cnc21. The van der Waals surface area contributed by atoms with Crippen molar-refractivity contribution in [2.24, 2.45) is 0 Å². The number of halogens is 2. The average Bonchev–Trinajstić information content (AvgIpc) is 2.63. The monoisotopic (exact) mass is 257 g/mol. The molecule has 0 aromatic carbocycles. The number of aromatic nitrogens is 3. The van der Waals surface area contributed by atoms with Crippen molar-refractivity contribution in [2.45, 2.75) is 32.2 Å². The Morgan fingerprint density at radius 3 is 2.94 bits per heavy atom. The van der Waals surface area contributed by atoms with Gasteiger partial charge in [-0.25, -0.2) is 9.97 Å². The number of alkyl halides is 1. The van der Waals surface area contributed by atoms with Gasteiger partial charge < -0.3 is 4.57 Å². The third kappa shape index (κ3) is 2.15. The second-order valence-electron chi connectivity index (χ2n) is 3.66. The Bertz CT molecular complexity index is 493. The molecule has 0 radical (unpaired) electrons. The summed E-state index contributed by atoms with van der Waals surface area (Å²) in [6, 6.07) is 1.82. The topological polar surface area (TPSA) is 30.7 Å². The van der Waals surface area contributed by atoms with Crippen LogP contribution in [-0.4, -0.2) is 14.5 Å². The summed E-state index contributed by atoms with van der Waals surface area (Å²) in [5.74, 6) is 1.26. The molecular formula is C11H13Cl2N3. The Hall–Kier alpha value is -0.800. The number of hydrogen-bond acceptors (Lipinski definition) is 2. The number of nitrogens with zero attached hydrogens (tertiary/aromatic N) is 3. The van der Waals surface area contributed by atoms with E-state index >= 15 is 0 Å². The molecule has 3 nitrogen and oxygen atoms in total. The Morgan fingerprint density at radius 1 is 1.44 bits per heavy atom. The fraction of sp³-hybridized carbons (Fsp3) is 0.455. The number of hydrogen-bond donors (Lipinski definition) is 0. The van der Waals surface area contributed by atoms with Crippen molar-refractivity contribution in [3.05, 3.63) is 23.1 Å². The first-order valence-corrected chi connectivity index (χ1v) is 6.24. The molecule has 86 valence electrons. The molecule has 0 aliphatic heterocycles. The van der Waals surface area contributed by atoms with Crippen molar-refractivity contribution in [3.8, 4) is 0 Å². The Kier molecular flexibility index (Phi) is 3.66. The minimum absolute atomic E-state index is 0.400. The molecule has 0 aliphatic carbocycles. The predicted molar refractivity (Wildman–Crippen MR) is 67.0 cm³/mol. The number of imidazole rings is 1. The van der Waals surface area contributed by atoms with Gasteiger partial charge >= 0.3 is 0 Å². The maximum atomic E-state index is 5.88. The highest BCUT2D eigenvalue weighted by molar-refractivity contribution is 6.31. The zero-order chi connectivity index (χ0) is 11.5. The zero-order valence-electron chi connectivity index (χ0n) is 9.08.